The van der Waals surface area contributed by atoms with Crippen LogP contribution in [0.25, 0.3) is 0 Å². The molecule has 0 aliphatic carbocycles. The molecule has 26 heavy (non-hydrogen) atoms. The second-order valence-electron chi connectivity index (χ2n) is 7.30. The Labute approximate surface area is 156 Å². The van der Waals surface area contributed by atoms with Crippen molar-refractivity contribution >= 4 is 22.8 Å². The molecule has 0 fully saturated rings. The summed E-state index contributed by atoms with van der Waals surface area (Å²) in [7, 11) is -0.453. The summed E-state index contributed by atoms with van der Waals surface area (Å²) in [5, 5.41) is 4.34. The highest BCUT2D eigenvalue weighted by atomic mass is 32.2. The van der Waals surface area contributed by atoms with Gasteiger partial charge in [-0.1, -0.05) is 19.1 Å². The summed E-state index contributed by atoms with van der Waals surface area (Å²) in [5.74, 6) is 0.734. The van der Waals surface area contributed by atoms with E-state index in [-0.39, 0.29) is 17.8 Å². The number of hydrogen-bond donors (Lipinski definition) is 2. The standard InChI is InChI=1S/C20H25NO4S/c1-13(20(2,3)25-19(21)23)10-14-11-17(22)16-7-6-15(12-18(16)24-14)26-8-4-5-9-26/h4-9,12-14,26H,10-11H2,1-3H3,(H2,21,23). The van der Waals surface area contributed by atoms with Crippen LogP contribution in [0.15, 0.2) is 46.1 Å². The number of amides is 1. The van der Waals surface area contributed by atoms with E-state index in [0.29, 0.717) is 24.2 Å². The van der Waals surface area contributed by atoms with Gasteiger partial charge >= 0.3 is 6.09 Å². The van der Waals surface area contributed by atoms with Crippen LogP contribution in [0.2, 0.25) is 0 Å². The van der Waals surface area contributed by atoms with Crippen LogP contribution in [0.3, 0.4) is 0 Å². The quantitative estimate of drug-likeness (QED) is 0.751. The zero-order valence-corrected chi connectivity index (χ0v) is 16.2. The van der Waals surface area contributed by atoms with Crippen molar-refractivity contribution in [3.63, 3.8) is 0 Å². The average molecular weight is 375 g/mol. The van der Waals surface area contributed by atoms with Gasteiger partial charge in [-0.05, 0) is 60.1 Å². The molecule has 3 rings (SSSR count). The number of rotatable bonds is 5. The number of nitrogens with two attached hydrogens (primary N) is 1. The predicted octanol–water partition coefficient (Wildman–Crippen LogP) is 4.32. The highest BCUT2D eigenvalue weighted by molar-refractivity contribution is 8.22. The maximum atomic E-state index is 12.5. The van der Waals surface area contributed by atoms with Crippen LogP contribution in [-0.2, 0) is 4.74 Å². The minimum Gasteiger partial charge on any atom is -0.489 e. The summed E-state index contributed by atoms with van der Waals surface area (Å²) in [6.07, 6.45) is 3.99. The molecule has 1 amide bonds. The number of thiol groups is 1. The normalized spacial score (nSPS) is 21.3. The van der Waals surface area contributed by atoms with Crippen LogP contribution < -0.4 is 10.5 Å². The van der Waals surface area contributed by atoms with E-state index in [9.17, 15) is 9.59 Å². The number of primary amides is 1. The van der Waals surface area contributed by atoms with Crippen LogP contribution in [0.1, 0.15) is 44.0 Å². The topological polar surface area (TPSA) is 78.6 Å². The van der Waals surface area contributed by atoms with Crippen molar-refractivity contribution in [3.8, 4) is 5.75 Å². The first-order valence-corrected chi connectivity index (χ1v) is 10.2. The lowest BCUT2D eigenvalue weighted by atomic mass is 9.85. The lowest BCUT2D eigenvalue weighted by Gasteiger charge is -2.34. The van der Waals surface area contributed by atoms with Gasteiger partial charge in [0.1, 0.15) is 17.5 Å². The van der Waals surface area contributed by atoms with Crippen LogP contribution in [0.5, 0.6) is 5.75 Å². The zero-order chi connectivity index (χ0) is 18.9. The van der Waals surface area contributed by atoms with E-state index in [1.54, 1.807) is 0 Å². The van der Waals surface area contributed by atoms with Crippen LogP contribution in [-0.4, -0.2) is 23.6 Å². The van der Waals surface area contributed by atoms with E-state index in [1.807, 2.05) is 51.1 Å². The molecule has 2 atom stereocenters. The molecule has 2 N–H and O–H groups in total. The Bertz CT molecular complexity index is 772. The molecule has 0 bridgehead atoms. The number of Topliss-reactive ketones (excluding diaryl/α,β-unsaturated/α-hetero) is 1. The number of benzene rings is 1. The number of fused-ring (bicyclic) bond motifs is 1. The maximum absolute atomic E-state index is 12.5. The predicted molar refractivity (Wildman–Crippen MR) is 104 cm³/mol. The first-order chi connectivity index (χ1) is 12.3. The Hall–Kier alpha value is -2.21. The second kappa shape index (κ2) is 7.19. The summed E-state index contributed by atoms with van der Waals surface area (Å²) in [5.41, 5.74) is 5.08. The van der Waals surface area contributed by atoms with Gasteiger partial charge in [0.15, 0.2) is 5.78 Å². The molecule has 0 saturated heterocycles. The number of allylic oxidation sites excluding steroid dienone is 2. The molecule has 2 heterocycles. The summed E-state index contributed by atoms with van der Waals surface area (Å²) in [6.45, 7) is 5.61. The molecule has 0 spiro atoms. The van der Waals surface area contributed by atoms with E-state index in [0.717, 1.165) is 0 Å². The van der Waals surface area contributed by atoms with Crippen molar-refractivity contribution in [1.82, 2.24) is 0 Å². The molecule has 1 aromatic rings. The summed E-state index contributed by atoms with van der Waals surface area (Å²) < 4.78 is 11.4. The van der Waals surface area contributed by atoms with Crippen molar-refractivity contribution in [3.05, 3.63) is 46.7 Å². The Morgan fingerprint density at radius 1 is 1.38 bits per heavy atom. The Kier molecular flexibility index (Phi) is 5.14. The molecule has 0 radical (unpaired) electrons. The average Bonchev–Trinajstić information content (AvgIpc) is 3.07. The highest BCUT2D eigenvalue weighted by Gasteiger charge is 2.35. The Balaban J connectivity index is 1.75. The van der Waals surface area contributed by atoms with Gasteiger partial charge in [0.2, 0.25) is 0 Å². The molecule has 140 valence electrons. The van der Waals surface area contributed by atoms with Crippen molar-refractivity contribution in [1.29, 1.82) is 0 Å². The fraction of sp³-hybridized carbons (Fsp3) is 0.400. The van der Waals surface area contributed by atoms with Crippen LogP contribution in [0.4, 0.5) is 4.79 Å². The van der Waals surface area contributed by atoms with Gasteiger partial charge in [-0.15, -0.1) is 0 Å². The number of carbonyl (C=O) groups is 2. The molecule has 2 aliphatic heterocycles. The molecule has 0 saturated carbocycles. The molecule has 6 heteroatoms. The second-order valence-corrected chi connectivity index (χ2v) is 9.23. The van der Waals surface area contributed by atoms with E-state index in [2.05, 4.69) is 10.8 Å². The summed E-state index contributed by atoms with van der Waals surface area (Å²) >= 11 is 0. The van der Waals surface area contributed by atoms with Gasteiger partial charge in [0, 0.05) is 6.42 Å². The monoisotopic (exact) mass is 375 g/mol. The lowest BCUT2D eigenvalue weighted by molar-refractivity contribution is -0.0117. The molecular formula is C20H25NO4S. The third-order valence-electron chi connectivity index (χ3n) is 5.04. The third-order valence-corrected chi connectivity index (χ3v) is 6.90. The zero-order valence-electron chi connectivity index (χ0n) is 15.3. The van der Waals surface area contributed by atoms with Crippen LogP contribution >= 0.6 is 10.9 Å². The van der Waals surface area contributed by atoms with Gasteiger partial charge in [0.05, 0.1) is 5.56 Å². The largest absolute Gasteiger partial charge is 0.489 e. The van der Waals surface area contributed by atoms with Gasteiger partial charge in [0.25, 0.3) is 0 Å². The van der Waals surface area contributed by atoms with E-state index in [1.165, 1.54) is 4.90 Å². The van der Waals surface area contributed by atoms with Crippen molar-refractivity contribution < 1.29 is 19.1 Å². The van der Waals surface area contributed by atoms with Gasteiger partial charge in [-0.2, -0.15) is 10.9 Å². The van der Waals surface area contributed by atoms with E-state index < -0.39 is 22.6 Å². The van der Waals surface area contributed by atoms with E-state index in [4.69, 9.17) is 15.2 Å². The first kappa shape index (κ1) is 18.6. The molecule has 0 aromatic heterocycles. The van der Waals surface area contributed by atoms with Gasteiger partial charge < -0.3 is 15.2 Å². The third kappa shape index (κ3) is 3.96. The number of ether oxygens (including phenoxy) is 2. The Morgan fingerprint density at radius 3 is 2.73 bits per heavy atom. The smallest absolute Gasteiger partial charge is 0.405 e. The minimum atomic E-state index is -0.794. The minimum absolute atomic E-state index is 0.0115. The number of hydrogen-bond acceptors (Lipinski definition) is 4. The SMILES string of the molecule is CC(CC1CC(=O)c2ccc([SH]3C=CC=C3)cc2O1)C(C)(C)OC(N)=O. The molecular weight excluding hydrogens is 350 g/mol. The molecule has 2 aliphatic rings. The maximum Gasteiger partial charge on any atom is 0.405 e. The fourth-order valence-corrected chi connectivity index (χ4v) is 4.74. The molecule has 5 nitrogen and oxygen atoms in total. The Morgan fingerprint density at radius 2 is 2.08 bits per heavy atom. The van der Waals surface area contributed by atoms with Gasteiger partial charge in [-0.3, -0.25) is 4.79 Å². The van der Waals surface area contributed by atoms with E-state index >= 15 is 0 Å². The van der Waals surface area contributed by atoms with Gasteiger partial charge in [-0.25, -0.2) is 4.79 Å². The fourth-order valence-electron chi connectivity index (χ4n) is 3.21. The summed E-state index contributed by atoms with van der Waals surface area (Å²) in [4.78, 5) is 24.8. The van der Waals surface area contributed by atoms with Crippen molar-refractivity contribution in [2.75, 3.05) is 0 Å². The number of carbonyl (C=O) groups excluding carboxylic acids is 2. The van der Waals surface area contributed by atoms with Crippen LogP contribution in [0, 0.1) is 5.92 Å². The number of ketones is 1. The highest BCUT2D eigenvalue weighted by Crippen LogP contribution is 2.45. The molecule has 2 unspecified atom stereocenters. The lowest BCUT2D eigenvalue weighted by Crippen LogP contribution is -2.40. The summed E-state index contributed by atoms with van der Waals surface area (Å²) in [6, 6.07) is 5.87. The van der Waals surface area contributed by atoms with Crippen molar-refractivity contribution in [2.45, 2.75) is 50.2 Å². The first-order valence-electron chi connectivity index (χ1n) is 8.72. The molecule has 1 aromatic carbocycles. The van der Waals surface area contributed by atoms with Crippen molar-refractivity contribution in [2.24, 2.45) is 11.7 Å².